The van der Waals surface area contributed by atoms with E-state index in [1.54, 1.807) is 0 Å². The minimum Gasteiger partial charge on any atom is -0.261 e. The highest BCUT2D eigenvalue weighted by atomic mass is 14.7. The zero-order valence-electron chi connectivity index (χ0n) is 16.7. The SMILES string of the molecule is CCCCC1CCC(C2CCC(c3ccc(CCC)cn3)CC2)CC1. The Morgan fingerprint density at radius 3 is 2.08 bits per heavy atom. The molecule has 1 aromatic rings. The van der Waals surface area contributed by atoms with Crippen LogP contribution in [0.15, 0.2) is 18.3 Å². The Kier molecular flexibility index (Phi) is 7.37. The van der Waals surface area contributed by atoms with Gasteiger partial charge in [0.25, 0.3) is 0 Å². The molecule has 2 fully saturated rings. The van der Waals surface area contributed by atoms with Crippen molar-refractivity contribution in [1.82, 2.24) is 4.98 Å². The second-order valence-electron chi connectivity index (χ2n) is 8.88. The lowest BCUT2D eigenvalue weighted by molar-refractivity contribution is 0.155. The Morgan fingerprint density at radius 1 is 0.840 bits per heavy atom. The third-order valence-electron chi connectivity index (χ3n) is 7.10. The first-order chi connectivity index (χ1) is 12.3. The molecule has 0 aromatic carbocycles. The third-order valence-corrected chi connectivity index (χ3v) is 7.10. The predicted molar refractivity (Wildman–Crippen MR) is 108 cm³/mol. The van der Waals surface area contributed by atoms with Crippen molar-refractivity contribution >= 4 is 0 Å². The maximum absolute atomic E-state index is 4.80. The van der Waals surface area contributed by atoms with Crippen LogP contribution in [0.5, 0.6) is 0 Å². The molecule has 1 heteroatoms. The van der Waals surface area contributed by atoms with Crippen LogP contribution in [0.3, 0.4) is 0 Å². The predicted octanol–water partition coefficient (Wildman–Crippen LogP) is 7.30. The first-order valence-electron chi connectivity index (χ1n) is 11.2. The fraction of sp³-hybridized carbons (Fsp3) is 0.792. The molecule has 2 saturated carbocycles. The largest absolute Gasteiger partial charge is 0.261 e. The van der Waals surface area contributed by atoms with Crippen LogP contribution in [0.4, 0.5) is 0 Å². The van der Waals surface area contributed by atoms with Crippen LogP contribution in [0.1, 0.15) is 108 Å². The number of rotatable bonds is 7. The molecule has 0 bridgehead atoms. The lowest BCUT2D eigenvalue weighted by atomic mass is 9.68. The van der Waals surface area contributed by atoms with Crippen molar-refractivity contribution in [3.05, 3.63) is 29.6 Å². The molecule has 0 aliphatic heterocycles. The lowest BCUT2D eigenvalue weighted by Crippen LogP contribution is -2.25. The quantitative estimate of drug-likeness (QED) is 0.507. The molecule has 0 atom stereocenters. The molecule has 0 amide bonds. The zero-order valence-corrected chi connectivity index (χ0v) is 16.7. The summed E-state index contributed by atoms with van der Waals surface area (Å²) in [7, 11) is 0. The molecule has 0 radical (unpaired) electrons. The van der Waals surface area contributed by atoms with E-state index in [2.05, 4.69) is 32.2 Å². The molecule has 2 aliphatic rings. The maximum Gasteiger partial charge on any atom is 0.0434 e. The first kappa shape index (κ1) is 18.9. The van der Waals surface area contributed by atoms with Gasteiger partial charge in [0, 0.05) is 17.8 Å². The number of hydrogen-bond donors (Lipinski definition) is 0. The van der Waals surface area contributed by atoms with E-state index >= 15 is 0 Å². The van der Waals surface area contributed by atoms with Crippen LogP contribution in [-0.4, -0.2) is 4.98 Å². The van der Waals surface area contributed by atoms with Crippen LogP contribution < -0.4 is 0 Å². The summed E-state index contributed by atoms with van der Waals surface area (Å²) >= 11 is 0. The number of hydrogen-bond acceptors (Lipinski definition) is 1. The highest BCUT2D eigenvalue weighted by Gasteiger charge is 2.31. The van der Waals surface area contributed by atoms with Crippen LogP contribution in [-0.2, 0) is 6.42 Å². The van der Waals surface area contributed by atoms with Gasteiger partial charge >= 0.3 is 0 Å². The topological polar surface area (TPSA) is 12.9 Å². The summed E-state index contributed by atoms with van der Waals surface area (Å²) in [6.45, 7) is 4.57. The fourth-order valence-corrected chi connectivity index (χ4v) is 5.44. The Bertz CT molecular complexity index is 475. The van der Waals surface area contributed by atoms with Crippen molar-refractivity contribution < 1.29 is 0 Å². The van der Waals surface area contributed by atoms with Gasteiger partial charge in [-0.3, -0.25) is 4.98 Å². The fourth-order valence-electron chi connectivity index (χ4n) is 5.44. The van der Waals surface area contributed by atoms with E-state index in [1.165, 1.54) is 94.7 Å². The van der Waals surface area contributed by atoms with Crippen molar-refractivity contribution in [2.75, 3.05) is 0 Å². The molecular formula is C24H39N. The van der Waals surface area contributed by atoms with Gasteiger partial charge < -0.3 is 0 Å². The molecule has 2 aliphatic carbocycles. The summed E-state index contributed by atoms with van der Waals surface area (Å²) in [6, 6.07) is 4.63. The van der Waals surface area contributed by atoms with Crippen molar-refractivity contribution in [2.45, 2.75) is 103 Å². The van der Waals surface area contributed by atoms with Crippen LogP contribution in [0.2, 0.25) is 0 Å². The van der Waals surface area contributed by atoms with Gasteiger partial charge in [-0.1, -0.05) is 58.4 Å². The van der Waals surface area contributed by atoms with Crippen molar-refractivity contribution in [1.29, 1.82) is 0 Å². The van der Waals surface area contributed by atoms with Crippen molar-refractivity contribution in [3.8, 4) is 0 Å². The van der Waals surface area contributed by atoms with E-state index in [4.69, 9.17) is 4.98 Å². The smallest absolute Gasteiger partial charge is 0.0434 e. The Hall–Kier alpha value is -0.850. The molecule has 1 nitrogen and oxygen atoms in total. The van der Waals surface area contributed by atoms with Gasteiger partial charge in [0.15, 0.2) is 0 Å². The Morgan fingerprint density at radius 2 is 1.52 bits per heavy atom. The Labute approximate surface area is 156 Å². The highest BCUT2D eigenvalue weighted by molar-refractivity contribution is 5.17. The van der Waals surface area contributed by atoms with Gasteiger partial charge in [0.1, 0.15) is 0 Å². The van der Waals surface area contributed by atoms with E-state index in [-0.39, 0.29) is 0 Å². The minimum absolute atomic E-state index is 0.729. The monoisotopic (exact) mass is 341 g/mol. The summed E-state index contributed by atoms with van der Waals surface area (Å²) in [5, 5.41) is 0. The van der Waals surface area contributed by atoms with Gasteiger partial charge in [0.05, 0.1) is 0 Å². The van der Waals surface area contributed by atoms with Crippen LogP contribution in [0, 0.1) is 17.8 Å². The lowest BCUT2D eigenvalue weighted by Gasteiger charge is -2.37. The molecule has 1 heterocycles. The number of aryl methyl sites for hydroxylation is 1. The van der Waals surface area contributed by atoms with Gasteiger partial charge in [-0.05, 0) is 74.3 Å². The van der Waals surface area contributed by atoms with Crippen LogP contribution >= 0.6 is 0 Å². The molecule has 3 rings (SSSR count). The summed E-state index contributed by atoms with van der Waals surface area (Å²) in [5.74, 6) is 3.84. The summed E-state index contributed by atoms with van der Waals surface area (Å²) < 4.78 is 0. The minimum atomic E-state index is 0.729. The third kappa shape index (κ3) is 5.31. The number of nitrogens with zero attached hydrogens (tertiary/aromatic N) is 1. The second kappa shape index (κ2) is 9.74. The van der Waals surface area contributed by atoms with Gasteiger partial charge in [-0.2, -0.15) is 0 Å². The van der Waals surface area contributed by atoms with Crippen LogP contribution in [0.25, 0.3) is 0 Å². The molecule has 0 N–H and O–H groups in total. The van der Waals surface area contributed by atoms with Crippen molar-refractivity contribution in [2.24, 2.45) is 17.8 Å². The molecule has 0 saturated heterocycles. The van der Waals surface area contributed by atoms with Crippen molar-refractivity contribution in [3.63, 3.8) is 0 Å². The van der Waals surface area contributed by atoms with E-state index in [0.717, 1.165) is 23.7 Å². The molecule has 25 heavy (non-hydrogen) atoms. The average Bonchev–Trinajstić information content (AvgIpc) is 2.68. The Balaban J connectivity index is 1.43. The summed E-state index contributed by atoms with van der Waals surface area (Å²) in [5.41, 5.74) is 2.77. The molecule has 0 spiro atoms. The summed E-state index contributed by atoms with van der Waals surface area (Å²) in [4.78, 5) is 4.80. The van der Waals surface area contributed by atoms with Gasteiger partial charge in [-0.15, -0.1) is 0 Å². The second-order valence-corrected chi connectivity index (χ2v) is 8.88. The number of unbranched alkanes of at least 4 members (excludes halogenated alkanes) is 1. The highest BCUT2D eigenvalue weighted by Crippen LogP contribution is 2.44. The van der Waals surface area contributed by atoms with E-state index < -0.39 is 0 Å². The molecule has 0 unspecified atom stereocenters. The number of aromatic nitrogens is 1. The zero-order chi connectivity index (χ0) is 17.5. The van der Waals surface area contributed by atoms with Gasteiger partial charge in [0.2, 0.25) is 0 Å². The van der Waals surface area contributed by atoms with E-state index in [1.807, 2.05) is 0 Å². The van der Waals surface area contributed by atoms with E-state index in [0.29, 0.717) is 0 Å². The number of pyridine rings is 1. The first-order valence-corrected chi connectivity index (χ1v) is 11.2. The standard InChI is InChI=1S/C24H39N/c1-3-5-7-19-8-11-21(12-9-19)22-13-15-23(16-14-22)24-17-10-20(6-4-2)18-25-24/h10,17-19,21-23H,3-9,11-16H2,1-2H3. The maximum atomic E-state index is 4.80. The summed E-state index contributed by atoms with van der Waals surface area (Å²) in [6.07, 6.45) is 20.6. The normalized spacial score (nSPS) is 30.3. The van der Waals surface area contributed by atoms with E-state index in [9.17, 15) is 0 Å². The molecule has 140 valence electrons. The van der Waals surface area contributed by atoms with Gasteiger partial charge in [-0.25, -0.2) is 0 Å². The molecular weight excluding hydrogens is 302 g/mol. The molecule has 1 aromatic heterocycles. The average molecular weight is 342 g/mol.